The average molecular weight is 366 g/mol. The number of benzene rings is 1. The second-order valence-electron chi connectivity index (χ2n) is 8.08. The van der Waals surface area contributed by atoms with Crippen LogP contribution >= 0.6 is 0 Å². The summed E-state index contributed by atoms with van der Waals surface area (Å²) in [5, 5.41) is 0. The van der Waals surface area contributed by atoms with Gasteiger partial charge in [-0.05, 0) is 63.6 Å². The first-order chi connectivity index (χ1) is 13.1. The molecule has 5 rings (SSSR count). The van der Waals surface area contributed by atoms with Gasteiger partial charge in [0.25, 0.3) is 5.91 Å². The molecule has 0 unspecified atom stereocenters. The highest BCUT2D eigenvalue weighted by Gasteiger charge is 2.37. The molecule has 0 N–H and O–H groups in total. The van der Waals surface area contributed by atoms with Gasteiger partial charge in [0.15, 0.2) is 11.5 Å². The molecule has 2 aromatic rings. The Hall–Kier alpha value is -2.43. The molecule has 2 heterocycles. The summed E-state index contributed by atoms with van der Waals surface area (Å²) in [6.45, 7) is 6.19. The zero-order chi connectivity index (χ0) is 18.5. The van der Waals surface area contributed by atoms with Gasteiger partial charge in [0.05, 0.1) is 5.56 Å². The molecule has 1 amide bonds. The number of hydrogen-bond donors (Lipinski definition) is 0. The maximum Gasteiger partial charge on any atom is 0.255 e. The number of ether oxygens (including phenoxy) is 2. The molecule has 5 nitrogen and oxygen atoms in total. The normalized spacial score (nSPS) is 18.4. The van der Waals surface area contributed by atoms with E-state index in [0.717, 1.165) is 59.4 Å². The van der Waals surface area contributed by atoms with E-state index >= 15 is 0 Å². The number of aromatic nitrogens is 1. The van der Waals surface area contributed by atoms with Crippen LogP contribution in [0.15, 0.2) is 24.3 Å². The molecule has 142 valence electrons. The molecule has 27 heavy (non-hydrogen) atoms. The quantitative estimate of drug-likeness (QED) is 0.807. The van der Waals surface area contributed by atoms with Gasteiger partial charge < -0.3 is 18.9 Å². The SMILES string of the molecule is Cc1cc(C(=O)N(CC2CC2)C2CC2)c(C)n1-c1ccc2c(c1)OCCO2. The van der Waals surface area contributed by atoms with Crippen molar-refractivity contribution in [1.82, 2.24) is 9.47 Å². The van der Waals surface area contributed by atoms with Gasteiger partial charge in [-0.2, -0.15) is 0 Å². The van der Waals surface area contributed by atoms with E-state index < -0.39 is 0 Å². The number of amides is 1. The van der Waals surface area contributed by atoms with Gasteiger partial charge in [0.1, 0.15) is 13.2 Å². The summed E-state index contributed by atoms with van der Waals surface area (Å²) in [7, 11) is 0. The van der Waals surface area contributed by atoms with Crippen molar-refractivity contribution in [2.75, 3.05) is 19.8 Å². The van der Waals surface area contributed by atoms with E-state index in [-0.39, 0.29) is 5.91 Å². The van der Waals surface area contributed by atoms with E-state index in [0.29, 0.717) is 19.3 Å². The van der Waals surface area contributed by atoms with Crippen LogP contribution in [-0.2, 0) is 0 Å². The standard InChI is InChI=1S/C22H26N2O3/c1-14-11-19(22(25)23(17-5-6-17)13-16-3-4-16)15(2)24(14)18-7-8-20-21(12-18)27-10-9-26-20/h7-8,11-12,16-17H,3-6,9-10,13H2,1-2H3. The summed E-state index contributed by atoms with van der Waals surface area (Å²) in [4.78, 5) is 15.4. The van der Waals surface area contributed by atoms with Crippen LogP contribution in [0, 0.1) is 19.8 Å². The largest absolute Gasteiger partial charge is 0.486 e. The molecular weight excluding hydrogens is 340 g/mol. The second-order valence-corrected chi connectivity index (χ2v) is 8.08. The fourth-order valence-corrected chi connectivity index (χ4v) is 4.07. The second kappa shape index (κ2) is 6.32. The number of aryl methyl sites for hydroxylation is 1. The molecule has 5 heteroatoms. The molecule has 2 saturated carbocycles. The molecule has 1 aromatic heterocycles. The highest BCUT2D eigenvalue weighted by molar-refractivity contribution is 5.96. The first kappa shape index (κ1) is 16.7. The van der Waals surface area contributed by atoms with Crippen LogP contribution in [0.5, 0.6) is 11.5 Å². The Balaban J connectivity index is 1.48. The van der Waals surface area contributed by atoms with Crippen molar-refractivity contribution in [2.45, 2.75) is 45.6 Å². The Morgan fingerprint density at radius 3 is 2.52 bits per heavy atom. The lowest BCUT2D eigenvalue weighted by molar-refractivity contribution is 0.0734. The molecule has 1 aliphatic heterocycles. The van der Waals surface area contributed by atoms with Crippen LogP contribution in [0.3, 0.4) is 0 Å². The number of fused-ring (bicyclic) bond motifs is 1. The van der Waals surface area contributed by atoms with E-state index in [1.165, 1.54) is 12.8 Å². The van der Waals surface area contributed by atoms with Gasteiger partial charge in [-0.1, -0.05) is 0 Å². The minimum Gasteiger partial charge on any atom is -0.486 e. The number of hydrogen-bond acceptors (Lipinski definition) is 3. The summed E-state index contributed by atoms with van der Waals surface area (Å²) >= 11 is 0. The van der Waals surface area contributed by atoms with Gasteiger partial charge in [0.2, 0.25) is 0 Å². The molecular formula is C22H26N2O3. The van der Waals surface area contributed by atoms with E-state index in [2.05, 4.69) is 16.4 Å². The molecule has 2 aliphatic carbocycles. The number of carbonyl (C=O) groups is 1. The van der Waals surface area contributed by atoms with Crippen molar-refractivity contribution in [3.8, 4) is 17.2 Å². The minimum atomic E-state index is 0.196. The van der Waals surface area contributed by atoms with Crippen molar-refractivity contribution in [3.05, 3.63) is 41.2 Å². The fraction of sp³-hybridized carbons (Fsp3) is 0.500. The third-order valence-electron chi connectivity index (χ3n) is 5.85. The molecule has 0 bridgehead atoms. The fourth-order valence-electron chi connectivity index (χ4n) is 4.07. The summed E-state index contributed by atoms with van der Waals surface area (Å²) in [6.07, 6.45) is 4.85. The van der Waals surface area contributed by atoms with Crippen LogP contribution in [0.4, 0.5) is 0 Å². The Morgan fingerprint density at radius 1 is 1.07 bits per heavy atom. The van der Waals surface area contributed by atoms with E-state index in [9.17, 15) is 4.79 Å². The van der Waals surface area contributed by atoms with Gasteiger partial charge in [-0.25, -0.2) is 0 Å². The molecule has 3 aliphatic rings. The Bertz CT molecular complexity index is 893. The summed E-state index contributed by atoms with van der Waals surface area (Å²) in [5.41, 5.74) is 3.90. The molecule has 0 saturated heterocycles. The monoisotopic (exact) mass is 366 g/mol. The lowest BCUT2D eigenvalue weighted by atomic mass is 10.2. The third kappa shape index (κ3) is 3.09. The molecule has 1 aromatic carbocycles. The summed E-state index contributed by atoms with van der Waals surface area (Å²) in [5.74, 6) is 2.47. The lowest BCUT2D eigenvalue weighted by Crippen LogP contribution is -2.35. The lowest BCUT2D eigenvalue weighted by Gasteiger charge is -2.22. The summed E-state index contributed by atoms with van der Waals surface area (Å²) < 4.78 is 13.5. The van der Waals surface area contributed by atoms with Crippen LogP contribution in [0.25, 0.3) is 5.69 Å². The van der Waals surface area contributed by atoms with Crippen molar-refractivity contribution < 1.29 is 14.3 Å². The number of rotatable bonds is 5. The van der Waals surface area contributed by atoms with E-state index in [4.69, 9.17) is 9.47 Å². The highest BCUT2D eigenvalue weighted by atomic mass is 16.6. The maximum atomic E-state index is 13.3. The summed E-state index contributed by atoms with van der Waals surface area (Å²) in [6, 6.07) is 8.48. The van der Waals surface area contributed by atoms with E-state index in [1.54, 1.807) is 0 Å². The van der Waals surface area contributed by atoms with Crippen molar-refractivity contribution in [3.63, 3.8) is 0 Å². The van der Waals surface area contributed by atoms with Crippen LogP contribution in [-0.4, -0.2) is 41.2 Å². The van der Waals surface area contributed by atoms with Crippen molar-refractivity contribution >= 4 is 5.91 Å². The molecule has 0 atom stereocenters. The van der Waals surface area contributed by atoms with Crippen LogP contribution in [0.2, 0.25) is 0 Å². The average Bonchev–Trinajstić information content (AvgIpc) is 3.58. The Kier molecular flexibility index (Phi) is 3.92. The number of nitrogens with zero attached hydrogens (tertiary/aromatic N) is 2. The Labute approximate surface area is 159 Å². The predicted molar refractivity (Wildman–Crippen MR) is 103 cm³/mol. The van der Waals surface area contributed by atoms with Gasteiger partial charge >= 0.3 is 0 Å². The zero-order valence-corrected chi connectivity index (χ0v) is 16.0. The van der Waals surface area contributed by atoms with E-state index in [1.807, 2.05) is 31.2 Å². The van der Waals surface area contributed by atoms with Crippen LogP contribution < -0.4 is 9.47 Å². The highest BCUT2D eigenvalue weighted by Crippen LogP contribution is 2.37. The third-order valence-corrected chi connectivity index (χ3v) is 5.85. The molecule has 0 radical (unpaired) electrons. The predicted octanol–water partition coefficient (Wildman–Crippen LogP) is 3.88. The number of carbonyl (C=O) groups excluding carboxylic acids is 1. The van der Waals surface area contributed by atoms with Gasteiger partial charge in [-0.3, -0.25) is 4.79 Å². The maximum absolute atomic E-state index is 13.3. The minimum absolute atomic E-state index is 0.196. The Morgan fingerprint density at radius 2 is 1.81 bits per heavy atom. The topological polar surface area (TPSA) is 43.7 Å². The van der Waals surface area contributed by atoms with Crippen LogP contribution in [0.1, 0.15) is 47.4 Å². The van der Waals surface area contributed by atoms with Gasteiger partial charge in [0, 0.05) is 35.7 Å². The van der Waals surface area contributed by atoms with Crippen molar-refractivity contribution in [2.24, 2.45) is 5.92 Å². The zero-order valence-electron chi connectivity index (χ0n) is 16.0. The smallest absolute Gasteiger partial charge is 0.255 e. The molecule has 2 fully saturated rings. The molecule has 0 spiro atoms. The van der Waals surface area contributed by atoms with Gasteiger partial charge in [-0.15, -0.1) is 0 Å². The first-order valence-electron chi connectivity index (χ1n) is 10.0. The first-order valence-corrected chi connectivity index (χ1v) is 10.0. The van der Waals surface area contributed by atoms with Crippen molar-refractivity contribution in [1.29, 1.82) is 0 Å².